The molecule has 0 fully saturated rings. The molecular weight excluding hydrogens is 412 g/mol. The number of aromatic hydroxyl groups is 1. The molecule has 1 aromatic carbocycles. The van der Waals surface area contributed by atoms with Crippen molar-refractivity contribution in [3.8, 4) is 5.75 Å². The topological polar surface area (TPSA) is 85.4 Å². The van der Waals surface area contributed by atoms with Gasteiger partial charge in [0.25, 0.3) is 0 Å². The molecule has 0 saturated carbocycles. The van der Waals surface area contributed by atoms with E-state index in [1.165, 1.54) is 38.5 Å². The van der Waals surface area contributed by atoms with Crippen molar-refractivity contribution in [2.45, 2.75) is 103 Å². The summed E-state index contributed by atoms with van der Waals surface area (Å²) < 4.78 is 0. The molecule has 184 valence electrons. The summed E-state index contributed by atoms with van der Waals surface area (Å²) in [5.74, 6) is 0.379. The van der Waals surface area contributed by atoms with E-state index in [2.05, 4.69) is 29.4 Å². The average Bonchev–Trinajstić information content (AvgIpc) is 3.20. The molecule has 0 aliphatic heterocycles. The number of phenols is 1. The van der Waals surface area contributed by atoms with Gasteiger partial charge >= 0.3 is 0 Å². The Bertz CT molecular complexity index is 828. The molecule has 1 atom stereocenters. The van der Waals surface area contributed by atoms with Gasteiger partial charge in [0.1, 0.15) is 5.75 Å². The summed E-state index contributed by atoms with van der Waals surface area (Å²) in [5.41, 5.74) is 2.11. The Morgan fingerprint density at radius 3 is 2.70 bits per heavy atom. The maximum atomic E-state index is 12.1. The van der Waals surface area contributed by atoms with E-state index in [0.717, 1.165) is 61.4 Å². The first kappa shape index (κ1) is 27.0. The monoisotopic (exact) mass is 456 g/mol. The van der Waals surface area contributed by atoms with Gasteiger partial charge in [0.05, 0.1) is 6.10 Å². The van der Waals surface area contributed by atoms with Crippen LogP contribution in [0, 0.1) is 0 Å². The lowest BCUT2D eigenvalue weighted by Gasteiger charge is -2.07. The third-order valence-corrected chi connectivity index (χ3v) is 6.21. The molecule has 33 heavy (non-hydrogen) atoms. The number of fused-ring (bicyclic) bond motifs is 1. The van der Waals surface area contributed by atoms with Crippen molar-refractivity contribution in [1.29, 1.82) is 0 Å². The molecule has 4 N–H and O–H groups in total. The second-order valence-electron chi connectivity index (χ2n) is 9.16. The van der Waals surface area contributed by atoms with Gasteiger partial charge < -0.3 is 20.5 Å². The Balaban J connectivity index is 1.42. The molecule has 1 aromatic heterocycles. The van der Waals surface area contributed by atoms with Crippen LogP contribution < -0.4 is 5.32 Å². The van der Waals surface area contributed by atoms with Crippen molar-refractivity contribution in [2.24, 2.45) is 0 Å². The number of H-pyrrole nitrogens is 1. The van der Waals surface area contributed by atoms with Crippen LogP contribution in [0.15, 0.2) is 36.5 Å². The zero-order valence-corrected chi connectivity index (χ0v) is 20.5. The van der Waals surface area contributed by atoms with Crippen molar-refractivity contribution in [3.63, 3.8) is 0 Å². The Labute approximate surface area is 199 Å². The summed E-state index contributed by atoms with van der Waals surface area (Å²) in [6.45, 7) is 2.82. The minimum Gasteiger partial charge on any atom is -0.508 e. The highest BCUT2D eigenvalue weighted by atomic mass is 16.3. The largest absolute Gasteiger partial charge is 0.508 e. The zero-order valence-electron chi connectivity index (χ0n) is 20.5. The molecule has 5 heteroatoms. The molecule has 0 radical (unpaired) electrons. The summed E-state index contributed by atoms with van der Waals surface area (Å²) in [6, 6.07) is 5.30. The average molecular weight is 457 g/mol. The van der Waals surface area contributed by atoms with Crippen molar-refractivity contribution in [3.05, 3.63) is 42.1 Å². The van der Waals surface area contributed by atoms with Gasteiger partial charge in [-0.25, -0.2) is 0 Å². The number of rotatable bonds is 18. The first-order valence-electron chi connectivity index (χ1n) is 13.0. The van der Waals surface area contributed by atoms with E-state index in [1.54, 1.807) is 12.1 Å². The number of carbonyl (C=O) groups is 1. The van der Waals surface area contributed by atoms with Crippen LogP contribution in [0.5, 0.6) is 5.75 Å². The normalized spacial score (nSPS) is 12.5. The summed E-state index contributed by atoms with van der Waals surface area (Å²) in [6.07, 6.45) is 20.7. The minimum atomic E-state index is -0.181. The van der Waals surface area contributed by atoms with E-state index in [1.807, 2.05) is 12.3 Å². The number of aliphatic hydroxyl groups is 1. The number of nitrogens with one attached hydrogen (secondary N) is 2. The number of hydrogen-bond donors (Lipinski definition) is 4. The van der Waals surface area contributed by atoms with Crippen LogP contribution in [0.2, 0.25) is 0 Å². The fraction of sp³-hybridized carbons (Fsp3) is 0.607. The molecule has 1 amide bonds. The van der Waals surface area contributed by atoms with Crippen molar-refractivity contribution in [1.82, 2.24) is 10.3 Å². The number of phenolic OH excluding ortho intramolecular Hbond substituents is 1. The number of unbranched alkanes of at least 4 members (excludes halogenated alkanes) is 8. The SMILES string of the molecule is CCCCCC[C@H](O)CC=CCCCCCCCC(=O)NCCc1c[nH]c2ccc(O)cc12. The molecule has 0 spiro atoms. The highest BCUT2D eigenvalue weighted by Crippen LogP contribution is 2.23. The number of hydrogen-bond acceptors (Lipinski definition) is 3. The van der Waals surface area contributed by atoms with Gasteiger partial charge in [-0.1, -0.05) is 64.0 Å². The maximum absolute atomic E-state index is 12.1. The van der Waals surface area contributed by atoms with E-state index in [9.17, 15) is 15.0 Å². The number of aromatic amines is 1. The predicted octanol–water partition coefficient (Wildman–Crippen LogP) is 6.54. The standard InChI is InChI=1S/C28H44N2O3/c1-2-3-4-11-14-24(31)15-12-9-7-5-6-8-10-13-16-28(33)29-20-19-23-22-30-27-18-17-25(32)21-26(23)27/h9,12,17-18,21-22,24,30-32H,2-8,10-11,13-16,19-20H2,1H3,(H,29,33)/t24-/m0/s1. The molecular formula is C28H44N2O3. The third kappa shape index (κ3) is 11.4. The lowest BCUT2D eigenvalue weighted by Crippen LogP contribution is -2.25. The van der Waals surface area contributed by atoms with Gasteiger partial charge in [-0.05, 0) is 62.3 Å². The van der Waals surface area contributed by atoms with E-state index in [4.69, 9.17) is 0 Å². The van der Waals surface area contributed by atoms with E-state index < -0.39 is 0 Å². The van der Waals surface area contributed by atoms with Gasteiger partial charge in [0.15, 0.2) is 0 Å². The molecule has 0 aliphatic carbocycles. The Hall–Kier alpha value is -2.27. The molecule has 5 nitrogen and oxygen atoms in total. The molecule has 0 unspecified atom stereocenters. The molecule has 2 aromatic rings. The van der Waals surface area contributed by atoms with Crippen molar-refractivity contribution in [2.75, 3.05) is 6.54 Å². The van der Waals surface area contributed by atoms with Crippen LogP contribution in [0.3, 0.4) is 0 Å². The van der Waals surface area contributed by atoms with Crippen LogP contribution in [0.1, 0.15) is 96.0 Å². The lowest BCUT2D eigenvalue weighted by atomic mass is 10.1. The number of aliphatic hydroxyl groups excluding tert-OH is 1. The zero-order chi connectivity index (χ0) is 23.7. The van der Waals surface area contributed by atoms with Crippen LogP contribution in [0.25, 0.3) is 10.9 Å². The summed E-state index contributed by atoms with van der Waals surface area (Å²) in [5, 5.41) is 23.6. The number of amides is 1. The van der Waals surface area contributed by atoms with Crippen LogP contribution >= 0.6 is 0 Å². The van der Waals surface area contributed by atoms with Gasteiger partial charge in [-0.3, -0.25) is 4.79 Å². The van der Waals surface area contributed by atoms with Gasteiger partial charge in [-0.2, -0.15) is 0 Å². The Morgan fingerprint density at radius 2 is 1.85 bits per heavy atom. The fourth-order valence-electron chi connectivity index (χ4n) is 4.17. The summed E-state index contributed by atoms with van der Waals surface area (Å²) >= 11 is 0. The van der Waals surface area contributed by atoms with Crippen LogP contribution in [-0.4, -0.2) is 33.8 Å². The summed E-state index contributed by atoms with van der Waals surface area (Å²) in [4.78, 5) is 15.3. The number of benzene rings is 1. The fourth-order valence-corrected chi connectivity index (χ4v) is 4.17. The van der Waals surface area contributed by atoms with Crippen molar-refractivity contribution >= 4 is 16.8 Å². The predicted molar refractivity (Wildman–Crippen MR) is 138 cm³/mol. The van der Waals surface area contributed by atoms with Gasteiger partial charge in [-0.15, -0.1) is 0 Å². The van der Waals surface area contributed by atoms with E-state index >= 15 is 0 Å². The molecule has 0 saturated heterocycles. The number of allylic oxidation sites excluding steroid dienone is 1. The molecule has 2 rings (SSSR count). The van der Waals surface area contributed by atoms with Crippen LogP contribution in [-0.2, 0) is 11.2 Å². The quantitative estimate of drug-likeness (QED) is 0.152. The first-order chi connectivity index (χ1) is 16.1. The second-order valence-corrected chi connectivity index (χ2v) is 9.16. The van der Waals surface area contributed by atoms with Gasteiger partial charge in [0, 0.05) is 30.1 Å². The maximum Gasteiger partial charge on any atom is 0.220 e. The van der Waals surface area contributed by atoms with E-state index in [0.29, 0.717) is 13.0 Å². The summed E-state index contributed by atoms with van der Waals surface area (Å²) in [7, 11) is 0. The first-order valence-corrected chi connectivity index (χ1v) is 13.0. The smallest absolute Gasteiger partial charge is 0.220 e. The third-order valence-electron chi connectivity index (χ3n) is 6.21. The van der Waals surface area contributed by atoms with Gasteiger partial charge in [0.2, 0.25) is 5.91 Å². The van der Waals surface area contributed by atoms with Crippen LogP contribution in [0.4, 0.5) is 0 Å². The lowest BCUT2D eigenvalue weighted by molar-refractivity contribution is -0.121. The highest BCUT2D eigenvalue weighted by Gasteiger charge is 2.06. The Morgan fingerprint density at radius 1 is 1.06 bits per heavy atom. The van der Waals surface area contributed by atoms with E-state index in [-0.39, 0.29) is 17.8 Å². The molecule has 0 bridgehead atoms. The highest BCUT2D eigenvalue weighted by molar-refractivity contribution is 5.84. The number of carbonyl (C=O) groups excluding carboxylic acids is 1. The van der Waals surface area contributed by atoms with Crippen molar-refractivity contribution < 1.29 is 15.0 Å². The minimum absolute atomic E-state index is 0.119. The second kappa shape index (κ2) is 16.4. The molecule has 1 heterocycles. The Kier molecular flexibility index (Phi) is 13.4. The number of aromatic nitrogens is 1. The molecule has 0 aliphatic rings.